The van der Waals surface area contributed by atoms with Crippen molar-refractivity contribution in [3.63, 3.8) is 0 Å². The Balaban J connectivity index is 1.95. The molecule has 0 bridgehead atoms. The van der Waals surface area contributed by atoms with Gasteiger partial charge in [-0.05, 0) is 32.1 Å². The molecule has 2 aliphatic carbocycles. The van der Waals surface area contributed by atoms with Gasteiger partial charge in [0.15, 0.2) is 0 Å². The summed E-state index contributed by atoms with van der Waals surface area (Å²) in [6.45, 7) is 3.92. The van der Waals surface area contributed by atoms with Crippen molar-refractivity contribution >= 4 is 7.37 Å². The summed E-state index contributed by atoms with van der Waals surface area (Å²) < 4.78 is 18.4. The van der Waals surface area contributed by atoms with Crippen molar-refractivity contribution in [2.45, 2.75) is 77.0 Å². The molecule has 2 rings (SSSR count). The average Bonchev–Trinajstić information content (AvgIpc) is 2.91. The van der Waals surface area contributed by atoms with Crippen molar-refractivity contribution < 1.29 is 14.1 Å². The summed E-state index contributed by atoms with van der Waals surface area (Å²) in [5, 5.41) is 0.994. The number of hydrogen-bond donors (Lipinski definition) is 0. The second-order valence-corrected chi connectivity index (χ2v) is 8.66. The van der Waals surface area contributed by atoms with E-state index < -0.39 is 7.37 Å². The van der Waals surface area contributed by atoms with Gasteiger partial charge in [0.05, 0.1) is 6.10 Å². The Labute approximate surface area is 110 Å². The fraction of sp³-hybridized carbons (Fsp3) is 0.857. The summed E-state index contributed by atoms with van der Waals surface area (Å²) in [4.78, 5) is 5.52. The van der Waals surface area contributed by atoms with Gasteiger partial charge in [-0.15, -0.1) is 0 Å². The summed E-state index contributed by atoms with van der Waals surface area (Å²) >= 11 is 0. The third kappa shape index (κ3) is 3.26. The van der Waals surface area contributed by atoms with E-state index in [1.165, 1.54) is 19.3 Å². The minimum Gasteiger partial charge on any atom is -0.285 e. The largest absolute Gasteiger partial charge is 0.285 e. The number of rotatable bonds is 5. The summed E-state index contributed by atoms with van der Waals surface area (Å²) in [7, 11) is -2.77. The zero-order valence-corrected chi connectivity index (χ0v) is 12.5. The summed E-state index contributed by atoms with van der Waals surface area (Å²) in [6, 6.07) is 0. The first-order valence-corrected chi connectivity index (χ1v) is 8.96. The predicted molar refractivity (Wildman–Crippen MR) is 73.7 cm³/mol. The van der Waals surface area contributed by atoms with Gasteiger partial charge in [-0.25, -0.2) is 4.89 Å². The highest BCUT2D eigenvalue weighted by molar-refractivity contribution is 7.64. The first-order chi connectivity index (χ1) is 8.63. The van der Waals surface area contributed by atoms with Crippen LogP contribution in [0.3, 0.4) is 0 Å². The van der Waals surface area contributed by atoms with Crippen LogP contribution in [0.1, 0.15) is 65.2 Å². The predicted octanol–water partition coefficient (Wildman–Crippen LogP) is 5.02. The molecule has 1 fully saturated rings. The molecule has 0 spiro atoms. The van der Waals surface area contributed by atoms with E-state index in [4.69, 9.17) is 9.56 Å². The quantitative estimate of drug-likeness (QED) is 0.400. The van der Waals surface area contributed by atoms with E-state index >= 15 is 0 Å². The van der Waals surface area contributed by atoms with Gasteiger partial charge in [0.25, 0.3) is 7.37 Å². The topological polar surface area (TPSA) is 35.5 Å². The molecule has 0 aromatic rings. The molecular weight excluding hydrogens is 247 g/mol. The highest BCUT2D eigenvalue weighted by Crippen LogP contribution is 2.62. The van der Waals surface area contributed by atoms with Gasteiger partial charge in [0.1, 0.15) is 0 Å². The Morgan fingerprint density at radius 2 is 1.94 bits per heavy atom. The van der Waals surface area contributed by atoms with Gasteiger partial charge < -0.3 is 0 Å². The molecular formula is C14H25O3P. The van der Waals surface area contributed by atoms with E-state index in [1.54, 1.807) is 0 Å². The van der Waals surface area contributed by atoms with Gasteiger partial charge in [-0.2, -0.15) is 4.67 Å². The first kappa shape index (κ1) is 14.3. The molecule has 1 unspecified atom stereocenters. The van der Waals surface area contributed by atoms with Crippen LogP contribution in [-0.4, -0.2) is 11.8 Å². The molecule has 3 nitrogen and oxygen atoms in total. The Bertz CT molecular complexity index is 343. The zero-order chi connectivity index (χ0) is 13.0. The fourth-order valence-corrected chi connectivity index (χ4v) is 4.72. The Hall–Kier alpha value is -0.110. The number of allylic oxidation sites excluding steroid dienone is 2. The average molecular weight is 272 g/mol. The van der Waals surface area contributed by atoms with Crippen LogP contribution in [0.4, 0.5) is 0 Å². The molecule has 18 heavy (non-hydrogen) atoms. The SMILES string of the molecule is CC(C)P(=O)(OOC1CCCCC1)C1=CCCC1. The molecule has 0 amide bonds. The van der Waals surface area contributed by atoms with Crippen LogP contribution in [0.25, 0.3) is 0 Å². The van der Waals surface area contributed by atoms with E-state index in [2.05, 4.69) is 6.08 Å². The van der Waals surface area contributed by atoms with Crippen LogP contribution in [0, 0.1) is 0 Å². The van der Waals surface area contributed by atoms with Crippen LogP contribution in [-0.2, 0) is 14.1 Å². The molecule has 0 saturated heterocycles. The van der Waals surface area contributed by atoms with Gasteiger partial charge in [-0.1, -0.05) is 39.2 Å². The van der Waals surface area contributed by atoms with E-state index in [-0.39, 0.29) is 11.8 Å². The molecule has 4 heteroatoms. The molecule has 1 atom stereocenters. The minimum atomic E-state index is -2.77. The lowest BCUT2D eigenvalue weighted by Gasteiger charge is -2.26. The van der Waals surface area contributed by atoms with Crippen LogP contribution < -0.4 is 0 Å². The third-order valence-corrected chi connectivity index (χ3v) is 6.81. The van der Waals surface area contributed by atoms with Crippen molar-refractivity contribution in [2.75, 3.05) is 0 Å². The van der Waals surface area contributed by atoms with Crippen molar-refractivity contribution in [3.05, 3.63) is 11.4 Å². The smallest absolute Gasteiger partial charge is 0.261 e. The van der Waals surface area contributed by atoms with Crippen molar-refractivity contribution in [1.29, 1.82) is 0 Å². The van der Waals surface area contributed by atoms with Crippen LogP contribution >= 0.6 is 7.37 Å². The molecule has 104 valence electrons. The van der Waals surface area contributed by atoms with Gasteiger partial charge in [-0.3, -0.25) is 4.57 Å². The van der Waals surface area contributed by atoms with Gasteiger partial charge >= 0.3 is 0 Å². The van der Waals surface area contributed by atoms with Crippen LogP contribution in [0.15, 0.2) is 11.4 Å². The normalized spacial score (nSPS) is 25.2. The first-order valence-electron chi connectivity index (χ1n) is 7.27. The van der Waals surface area contributed by atoms with Gasteiger partial charge in [0.2, 0.25) is 0 Å². The zero-order valence-electron chi connectivity index (χ0n) is 11.6. The monoisotopic (exact) mass is 272 g/mol. The highest BCUT2D eigenvalue weighted by atomic mass is 31.2. The standard InChI is InChI=1S/C14H25O3P/c1-12(2)18(15,14-10-6-7-11-14)17-16-13-8-4-3-5-9-13/h10,12-13H,3-9,11H2,1-2H3. The Kier molecular flexibility index (Phi) is 5.06. The number of hydrogen-bond acceptors (Lipinski definition) is 3. The maximum Gasteiger partial charge on any atom is 0.261 e. The van der Waals surface area contributed by atoms with Crippen molar-refractivity contribution in [2.24, 2.45) is 0 Å². The lowest BCUT2D eigenvalue weighted by molar-refractivity contribution is -0.250. The van der Waals surface area contributed by atoms with E-state index in [0.717, 1.165) is 37.4 Å². The molecule has 0 radical (unpaired) electrons. The second-order valence-electron chi connectivity index (χ2n) is 5.71. The molecule has 1 saturated carbocycles. The molecule has 0 aromatic carbocycles. The minimum absolute atomic E-state index is 0.00504. The van der Waals surface area contributed by atoms with E-state index in [1.807, 2.05) is 13.8 Å². The molecule has 0 aromatic heterocycles. The molecule has 2 aliphatic rings. The van der Waals surface area contributed by atoms with E-state index in [0.29, 0.717) is 0 Å². The lowest BCUT2D eigenvalue weighted by Crippen LogP contribution is -2.17. The summed E-state index contributed by atoms with van der Waals surface area (Å²) in [6.07, 6.45) is 11.0. The van der Waals surface area contributed by atoms with E-state index in [9.17, 15) is 4.57 Å². The van der Waals surface area contributed by atoms with Crippen LogP contribution in [0.5, 0.6) is 0 Å². The molecule has 0 heterocycles. The Morgan fingerprint density at radius 3 is 2.50 bits per heavy atom. The summed E-state index contributed by atoms with van der Waals surface area (Å²) in [5.74, 6) is 0. The maximum atomic E-state index is 12.9. The third-order valence-electron chi connectivity index (χ3n) is 3.94. The maximum absolute atomic E-state index is 12.9. The lowest BCUT2D eigenvalue weighted by atomic mass is 9.98. The van der Waals surface area contributed by atoms with Crippen LogP contribution in [0.2, 0.25) is 0 Å². The van der Waals surface area contributed by atoms with Gasteiger partial charge in [0, 0.05) is 11.0 Å². The van der Waals surface area contributed by atoms with Crippen molar-refractivity contribution in [3.8, 4) is 0 Å². The summed E-state index contributed by atoms with van der Waals surface area (Å²) in [5.41, 5.74) is 0.00504. The highest BCUT2D eigenvalue weighted by Gasteiger charge is 2.36. The second kappa shape index (κ2) is 6.36. The molecule has 0 N–H and O–H groups in total. The molecule has 0 aliphatic heterocycles. The van der Waals surface area contributed by atoms with Crippen molar-refractivity contribution in [1.82, 2.24) is 0 Å². The Morgan fingerprint density at radius 1 is 1.22 bits per heavy atom. The fourth-order valence-electron chi connectivity index (χ4n) is 2.69.